The molecule has 1 rings (SSSR count). The molecule has 1 aromatic rings. The number of rotatable bonds is 7. The molecule has 0 saturated carbocycles. The normalized spacial score (nSPS) is 12.2. The molecule has 0 aromatic heterocycles. The van der Waals surface area contributed by atoms with Gasteiger partial charge in [-0.3, -0.25) is 4.79 Å². The Morgan fingerprint density at radius 2 is 2.16 bits per heavy atom. The van der Waals surface area contributed by atoms with Crippen molar-refractivity contribution in [3.05, 3.63) is 33.8 Å². The van der Waals surface area contributed by atoms with Crippen LogP contribution >= 0.6 is 23.2 Å². The molecule has 1 amide bonds. The maximum atomic E-state index is 11.7. The summed E-state index contributed by atoms with van der Waals surface area (Å²) in [6, 6.07) is 4.94. The van der Waals surface area contributed by atoms with E-state index in [4.69, 9.17) is 28.9 Å². The van der Waals surface area contributed by atoms with Crippen LogP contribution in [0.25, 0.3) is 0 Å². The van der Waals surface area contributed by atoms with Crippen molar-refractivity contribution in [3.63, 3.8) is 0 Å². The lowest BCUT2D eigenvalue weighted by Gasteiger charge is -2.12. The molecule has 0 spiro atoms. The van der Waals surface area contributed by atoms with Crippen LogP contribution in [-0.4, -0.2) is 18.5 Å². The Morgan fingerprint density at radius 3 is 2.79 bits per heavy atom. The maximum absolute atomic E-state index is 11.7. The lowest BCUT2D eigenvalue weighted by Crippen LogP contribution is -2.41. The van der Waals surface area contributed by atoms with Gasteiger partial charge >= 0.3 is 0 Å². The molecule has 3 N–H and O–H groups in total. The van der Waals surface area contributed by atoms with Crippen molar-refractivity contribution in [1.29, 1.82) is 0 Å². The fourth-order valence-electron chi connectivity index (χ4n) is 1.73. The predicted octanol–water partition coefficient (Wildman–Crippen LogP) is 3.17. The van der Waals surface area contributed by atoms with Gasteiger partial charge in [0.25, 0.3) is 0 Å². The first-order chi connectivity index (χ1) is 9.04. The molecule has 19 heavy (non-hydrogen) atoms. The number of amides is 1. The number of benzene rings is 1. The highest BCUT2D eigenvalue weighted by molar-refractivity contribution is 6.35. The minimum absolute atomic E-state index is 0.0986. The molecule has 1 atom stereocenters. The summed E-state index contributed by atoms with van der Waals surface area (Å²) >= 11 is 11.9. The maximum Gasteiger partial charge on any atom is 0.236 e. The van der Waals surface area contributed by atoms with Crippen LogP contribution in [0.1, 0.15) is 31.7 Å². The third kappa shape index (κ3) is 5.81. The monoisotopic (exact) mass is 302 g/mol. The van der Waals surface area contributed by atoms with E-state index < -0.39 is 6.04 Å². The van der Waals surface area contributed by atoms with Crippen LogP contribution in [0, 0.1) is 0 Å². The number of hydrogen-bond acceptors (Lipinski definition) is 2. The summed E-state index contributed by atoms with van der Waals surface area (Å²) in [5, 5.41) is 4.06. The number of nitrogens with two attached hydrogens (primary N) is 1. The van der Waals surface area contributed by atoms with Gasteiger partial charge in [0.2, 0.25) is 5.91 Å². The van der Waals surface area contributed by atoms with Crippen molar-refractivity contribution in [1.82, 2.24) is 5.32 Å². The minimum atomic E-state index is -0.416. The van der Waals surface area contributed by atoms with Crippen LogP contribution in [0.4, 0.5) is 0 Å². The van der Waals surface area contributed by atoms with E-state index in [1.165, 1.54) is 0 Å². The molecule has 106 valence electrons. The van der Waals surface area contributed by atoms with E-state index in [1.54, 1.807) is 12.1 Å². The van der Waals surface area contributed by atoms with Gasteiger partial charge in [0, 0.05) is 16.6 Å². The molecule has 0 aliphatic rings. The van der Waals surface area contributed by atoms with Crippen molar-refractivity contribution in [2.75, 3.05) is 6.54 Å². The van der Waals surface area contributed by atoms with Gasteiger partial charge in [0.05, 0.1) is 6.04 Å². The van der Waals surface area contributed by atoms with Crippen molar-refractivity contribution >= 4 is 29.1 Å². The SMILES string of the molecule is CCCCC(N)C(=O)NCCc1ccc(Cl)cc1Cl. The summed E-state index contributed by atoms with van der Waals surface area (Å²) in [6.45, 7) is 2.60. The molecule has 1 unspecified atom stereocenters. The summed E-state index contributed by atoms with van der Waals surface area (Å²) in [7, 11) is 0. The average Bonchev–Trinajstić information content (AvgIpc) is 2.38. The summed E-state index contributed by atoms with van der Waals surface area (Å²) in [5.74, 6) is -0.0986. The highest BCUT2D eigenvalue weighted by atomic mass is 35.5. The molecular weight excluding hydrogens is 283 g/mol. The second-order valence-electron chi connectivity index (χ2n) is 4.53. The number of nitrogens with one attached hydrogen (secondary N) is 1. The van der Waals surface area contributed by atoms with E-state index in [2.05, 4.69) is 12.2 Å². The number of unbranched alkanes of at least 4 members (excludes halogenated alkanes) is 1. The predicted molar refractivity (Wildman–Crippen MR) is 80.7 cm³/mol. The quantitative estimate of drug-likeness (QED) is 0.813. The Balaban J connectivity index is 2.35. The van der Waals surface area contributed by atoms with Gasteiger partial charge in [-0.1, -0.05) is 49.0 Å². The van der Waals surface area contributed by atoms with E-state index in [1.807, 2.05) is 6.07 Å². The Morgan fingerprint density at radius 1 is 1.42 bits per heavy atom. The largest absolute Gasteiger partial charge is 0.354 e. The molecule has 0 aliphatic carbocycles. The lowest BCUT2D eigenvalue weighted by molar-refractivity contribution is -0.122. The van der Waals surface area contributed by atoms with Crippen LogP contribution in [-0.2, 0) is 11.2 Å². The molecule has 0 fully saturated rings. The third-order valence-corrected chi connectivity index (χ3v) is 3.50. The van der Waals surface area contributed by atoms with Crippen LogP contribution in [0.2, 0.25) is 10.0 Å². The summed E-state index contributed by atoms with van der Waals surface area (Å²) in [6.07, 6.45) is 3.41. The molecule has 3 nitrogen and oxygen atoms in total. The lowest BCUT2D eigenvalue weighted by atomic mass is 10.1. The molecular formula is C14H20Cl2N2O. The van der Waals surface area contributed by atoms with Crippen molar-refractivity contribution in [3.8, 4) is 0 Å². The Labute approximate surface area is 124 Å². The fraction of sp³-hybridized carbons (Fsp3) is 0.500. The molecule has 5 heteroatoms. The zero-order chi connectivity index (χ0) is 14.3. The van der Waals surface area contributed by atoms with E-state index in [0.717, 1.165) is 24.8 Å². The van der Waals surface area contributed by atoms with Gasteiger partial charge in [0.1, 0.15) is 0 Å². The van der Waals surface area contributed by atoms with E-state index in [0.29, 0.717) is 23.0 Å². The molecule has 0 saturated heterocycles. The number of carbonyl (C=O) groups excluding carboxylic acids is 1. The van der Waals surface area contributed by atoms with E-state index in [-0.39, 0.29) is 5.91 Å². The highest BCUT2D eigenvalue weighted by Crippen LogP contribution is 2.21. The summed E-state index contributed by atoms with van der Waals surface area (Å²) in [4.78, 5) is 11.7. The summed E-state index contributed by atoms with van der Waals surface area (Å²) in [5.41, 5.74) is 6.74. The average molecular weight is 303 g/mol. The minimum Gasteiger partial charge on any atom is -0.354 e. The van der Waals surface area contributed by atoms with E-state index in [9.17, 15) is 4.79 Å². The van der Waals surface area contributed by atoms with Gasteiger partial charge in [-0.05, 0) is 30.5 Å². The standard InChI is InChI=1S/C14H20Cl2N2O/c1-2-3-4-13(17)14(19)18-8-7-10-5-6-11(15)9-12(10)16/h5-6,9,13H,2-4,7-8,17H2,1H3,(H,18,19). The number of halogens is 2. The first-order valence-electron chi connectivity index (χ1n) is 6.51. The van der Waals surface area contributed by atoms with Crippen LogP contribution in [0.15, 0.2) is 18.2 Å². The fourth-order valence-corrected chi connectivity index (χ4v) is 2.23. The first kappa shape index (κ1) is 16.3. The van der Waals surface area contributed by atoms with Crippen molar-refractivity contribution in [2.45, 2.75) is 38.6 Å². The zero-order valence-electron chi connectivity index (χ0n) is 11.1. The van der Waals surface area contributed by atoms with Gasteiger partial charge in [-0.2, -0.15) is 0 Å². The topological polar surface area (TPSA) is 55.1 Å². The molecule has 0 heterocycles. The van der Waals surface area contributed by atoms with Gasteiger partial charge in [0.15, 0.2) is 0 Å². The molecule has 0 aliphatic heterocycles. The second-order valence-corrected chi connectivity index (χ2v) is 5.37. The Kier molecular flexibility index (Phi) is 7.21. The second kappa shape index (κ2) is 8.41. The van der Waals surface area contributed by atoms with E-state index >= 15 is 0 Å². The van der Waals surface area contributed by atoms with Gasteiger partial charge in [-0.25, -0.2) is 0 Å². The Bertz CT molecular complexity index is 424. The van der Waals surface area contributed by atoms with Crippen LogP contribution in [0.3, 0.4) is 0 Å². The highest BCUT2D eigenvalue weighted by Gasteiger charge is 2.12. The molecule has 0 radical (unpaired) electrons. The number of hydrogen-bond donors (Lipinski definition) is 2. The van der Waals surface area contributed by atoms with Gasteiger partial charge < -0.3 is 11.1 Å². The Hall–Kier alpha value is -0.770. The van der Waals surface area contributed by atoms with Crippen molar-refractivity contribution < 1.29 is 4.79 Å². The summed E-state index contributed by atoms with van der Waals surface area (Å²) < 4.78 is 0. The smallest absolute Gasteiger partial charge is 0.236 e. The van der Waals surface area contributed by atoms with Crippen LogP contribution in [0.5, 0.6) is 0 Å². The first-order valence-corrected chi connectivity index (χ1v) is 7.27. The third-order valence-electron chi connectivity index (χ3n) is 2.91. The zero-order valence-corrected chi connectivity index (χ0v) is 12.6. The van der Waals surface area contributed by atoms with Crippen molar-refractivity contribution in [2.24, 2.45) is 5.73 Å². The van der Waals surface area contributed by atoms with Gasteiger partial charge in [-0.15, -0.1) is 0 Å². The molecule has 1 aromatic carbocycles. The molecule has 0 bridgehead atoms. The van der Waals surface area contributed by atoms with Crippen LogP contribution < -0.4 is 11.1 Å². The number of carbonyl (C=O) groups is 1.